The molecule has 1 rings (SSSR count). The zero-order valence-electron chi connectivity index (χ0n) is 8.44. The Balaban J connectivity index is 3.08. The molecule has 0 bridgehead atoms. The molecule has 0 amide bonds. The molecule has 0 aromatic heterocycles. The molecule has 0 heterocycles. The highest BCUT2D eigenvalue weighted by molar-refractivity contribution is 7.89. The number of aliphatic hydroxyl groups is 1. The lowest BCUT2D eigenvalue weighted by molar-refractivity contribution is 0.265. The summed E-state index contributed by atoms with van der Waals surface area (Å²) in [5, 5.41) is 8.83. The Kier molecular flexibility index (Phi) is 4.26. The second-order valence-electron chi connectivity index (χ2n) is 3.28. The van der Waals surface area contributed by atoms with E-state index in [9.17, 15) is 12.8 Å². The van der Waals surface area contributed by atoms with Gasteiger partial charge in [-0.3, -0.25) is 0 Å². The first-order valence-electron chi connectivity index (χ1n) is 4.45. The Labute approximate surface area is 98.1 Å². The van der Waals surface area contributed by atoms with Gasteiger partial charge in [-0.1, -0.05) is 11.6 Å². The Morgan fingerprint density at radius 2 is 2.19 bits per heavy atom. The lowest BCUT2D eigenvalue weighted by Gasteiger charge is -2.11. The second-order valence-corrected chi connectivity index (χ2v) is 5.40. The number of rotatable bonds is 4. The highest BCUT2D eigenvalue weighted by atomic mass is 35.5. The summed E-state index contributed by atoms with van der Waals surface area (Å²) in [4.78, 5) is -0.489. The van der Waals surface area contributed by atoms with E-state index in [1.165, 1.54) is 13.0 Å². The van der Waals surface area contributed by atoms with Gasteiger partial charge in [0.2, 0.25) is 10.0 Å². The van der Waals surface area contributed by atoms with Gasteiger partial charge in [0.1, 0.15) is 10.7 Å². The van der Waals surface area contributed by atoms with Crippen molar-refractivity contribution in [2.75, 3.05) is 6.61 Å². The second kappa shape index (κ2) is 5.09. The van der Waals surface area contributed by atoms with E-state index in [4.69, 9.17) is 16.7 Å². The predicted octanol–water partition coefficient (Wildman–Crippen LogP) is 1.14. The molecule has 1 atom stereocenters. The third-order valence-electron chi connectivity index (χ3n) is 1.81. The van der Waals surface area contributed by atoms with E-state index in [0.717, 1.165) is 12.1 Å². The van der Waals surface area contributed by atoms with Crippen LogP contribution in [0, 0.1) is 5.82 Å². The minimum Gasteiger partial charge on any atom is -0.395 e. The van der Waals surface area contributed by atoms with Crippen LogP contribution >= 0.6 is 11.6 Å². The Morgan fingerprint density at radius 1 is 1.56 bits per heavy atom. The van der Waals surface area contributed by atoms with Gasteiger partial charge < -0.3 is 5.11 Å². The maximum Gasteiger partial charge on any atom is 0.243 e. The summed E-state index contributed by atoms with van der Waals surface area (Å²) >= 11 is 5.50. The van der Waals surface area contributed by atoms with E-state index in [2.05, 4.69) is 4.72 Å². The van der Waals surface area contributed by atoms with Crippen LogP contribution in [0.5, 0.6) is 0 Å². The normalized spacial score (nSPS) is 13.8. The van der Waals surface area contributed by atoms with Gasteiger partial charge >= 0.3 is 0 Å². The summed E-state index contributed by atoms with van der Waals surface area (Å²) in [6.07, 6.45) is 0. The van der Waals surface area contributed by atoms with Crippen molar-refractivity contribution in [3.05, 3.63) is 29.0 Å². The summed E-state index contributed by atoms with van der Waals surface area (Å²) in [5.74, 6) is -0.926. The molecule has 0 saturated carbocycles. The molecule has 16 heavy (non-hydrogen) atoms. The van der Waals surface area contributed by atoms with E-state index >= 15 is 0 Å². The SMILES string of the molecule is C[C@@H](CO)NS(=O)(=O)c1ccc(Cl)cc1F. The molecular weight excluding hydrogens is 257 g/mol. The largest absolute Gasteiger partial charge is 0.395 e. The number of halogens is 2. The van der Waals surface area contributed by atoms with Gasteiger partial charge in [-0.15, -0.1) is 0 Å². The van der Waals surface area contributed by atoms with Crippen molar-refractivity contribution >= 4 is 21.6 Å². The van der Waals surface area contributed by atoms with Crippen molar-refractivity contribution in [3.63, 3.8) is 0 Å². The van der Waals surface area contributed by atoms with Crippen molar-refractivity contribution in [2.45, 2.75) is 17.9 Å². The molecule has 0 aliphatic heterocycles. The maximum absolute atomic E-state index is 13.3. The summed E-state index contributed by atoms with van der Waals surface area (Å²) in [5.41, 5.74) is 0. The topological polar surface area (TPSA) is 66.4 Å². The van der Waals surface area contributed by atoms with Gasteiger partial charge in [-0.25, -0.2) is 17.5 Å². The molecular formula is C9H11ClFNO3S. The highest BCUT2D eigenvalue weighted by Gasteiger charge is 2.20. The van der Waals surface area contributed by atoms with Gasteiger partial charge in [0, 0.05) is 11.1 Å². The molecule has 1 aromatic rings. The van der Waals surface area contributed by atoms with Crippen LogP contribution in [-0.2, 0) is 10.0 Å². The number of hydrogen-bond donors (Lipinski definition) is 2. The number of sulfonamides is 1. The van der Waals surface area contributed by atoms with Crippen molar-refractivity contribution < 1.29 is 17.9 Å². The van der Waals surface area contributed by atoms with Crippen molar-refractivity contribution in [2.24, 2.45) is 0 Å². The van der Waals surface area contributed by atoms with Crippen LogP contribution in [0.1, 0.15) is 6.92 Å². The fraction of sp³-hybridized carbons (Fsp3) is 0.333. The predicted molar refractivity (Wildman–Crippen MR) is 58.3 cm³/mol. The quantitative estimate of drug-likeness (QED) is 0.860. The van der Waals surface area contributed by atoms with Crippen LogP contribution in [0.3, 0.4) is 0 Å². The number of nitrogens with one attached hydrogen (secondary N) is 1. The standard InChI is InChI=1S/C9H11ClFNO3S/c1-6(5-13)12-16(14,15)9-3-2-7(10)4-8(9)11/h2-4,6,12-13H,5H2,1H3/t6-/m0/s1. The first kappa shape index (κ1) is 13.4. The molecule has 90 valence electrons. The Hall–Kier alpha value is -0.690. The lowest BCUT2D eigenvalue weighted by atomic mass is 10.3. The van der Waals surface area contributed by atoms with E-state index in [1.54, 1.807) is 0 Å². The fourth-order valence-electron chi connectivity index (χ4n) is 1.06. The molecule has 0 saturated heterocycles. The zero-order chi connectivity index (χ0) is 12.3. The Morgan fingerprint density at radius 3 is 2.69 bits per heavy atom. The van der Waals surface area contributed by atoms with Crippen LogP contribution in [-0.4, -0.2) is 26.2 Å². The number of hydrogen-bond acceptors (Lipinski definition) is 3. The summed E-state index contributed by atoms with van der Waals surface area (Å²) in [6, 6.07) is 2.59. The maximum atomic E-state index is 13.3. The molecule has 7 heteroatoms. The minimum absolute atomic E-state index is 0.117. The van der Waals surface area contributed by atoms with Crippen molar-refractivity contribution in [3.8, 4) is 0 Å². The third-order valence-corrected chi connectivity index (χ3v) is 3.67. The average molecular weight is 268 g/mol. The van der Waals surface area contributed by atoms with Gasteiger partial charge in [-0.05, 0) is 25.1 Å². The smallest absolute Gasteiger partial charge is 0.243 e. The average Bonchev–Trinajstić information content (AvgIpc) is 2.16. The van der Waals surface area contributed by atoms with Crippen molar-refractivity contribution in [1.82, 2.24) is 4.72 Å². The molecule has 2 N–H and O–H groups in total. The summed E-state index contributed by atoms with van der Waals surface area (Å²) < 4.78 is 38.7. The van der Waals surface area contributed by atoms with Gasteiger partial charge in [0.15, 0.2) is 0 Å². The zero-order valence-corrected chi connectivity index (χ0v) is 10.0. The van der Waals surface area contributed by atoms with Gasteiger partial charge in [-0.2, -0.15) is 0 Å². The summed E-state index contributed by atoms with van der Waals surface area (Å²) in [6.45, 7) is 1.10. The molecule has 0 aliphatic carbocycles. The van der Waals surface area contributed by atoms with Crippen LogP contribution in [0.2, 0.25) is 5.02 Å². The highest BCUT2D eigenvalue weighted by Crippen LogP contribution is 2.18. The molecule has 0 radical (unpaired) electrons. The van der Waals surface area contributed by atoms with Crippen LogP contribution < -0.4 is 4.72 Å². The fourth-order valence-corrected chi connectivity index (χ4v) is 2.51. The summed E-state index contributed by atoms with van der Waals surface area (Å²) in [7, 11) is -3.96. The molecule has 0 aliphatic rings. The van der Waals surface area contributed by atoms with Crippen molar-refractivity contribution in [1.29, 1.82) is 0 Å². The molecule has 4 nitrogen and oxygen atoms in total. The minimum atomic E-state index is -3.96. The molecule has 0 fully saturated rings. The van der Waals surface area contributed by atoms with Crippen LogP contribution in [0.4, 0.5) is 4.39 Å². The molecule has 0 unspecified atom stereocenters. The molecule has 0 spiro atoms. The number of benzene rings is 1. The molecule has 1 aromatic carbocycles. The third kappa shape index (κ3) is 3.15. The first-order valence-corrected chi connectivity index (χ1v) is 6.31. The van der Waals surface area contributed by atoms with E-state index in [0.29, 0.717) is 0 Å². The van der Waals surface area contributed by atoms with E-state index < -0.39 is 26.8 Å². The first-order chi connectivity index (χ1) is 7.36. The Bertz CT molecular complexity index is 478. The lowest BCUT2D eigenvalue weighted by Crippen LogP contribution is -2.35. The van der Waals surface area contributed by atoms with Crippen LogP contribution in [0.25, 0.3) is 0 Å². The van der Waals surface area contributed by atoms with Gasteiger partial charge in [0.05, 0.1) is 6.61 Å². The van der Waals surface area contributed by atoms with Gasteiger partial charge in [0.25, 0.3) is 0 Å². The number of aliphatic hydroxyl groups excluding tert-OH is 1. The van der Waals surface area contributed by atoms with E-state index in [-0.39, 0.29) is 11.6 Å². The van der Waals surface area contributed by atoms with Crippen LogP contribution in [0.15, 0.2) is 23.1 Å². The monoisotopic (exact) mass is 267 g/mol. The van der Waals surface area contributed by atoms with E-state index in [1.807, 2.05) is 0 Å².